The first-order valence-corrected chi connectivity index (χ1v) is 5.82. The monoisotopic (exact) mass is 232 g/mol. The second-order valence-corrected chi connectivity index (χ2v) is 4.57. The zero-order chi connectivity index (χ0) is 11.8. The minimum atomic E-state index is -4.51. The Bertz CT molecular complexity index is 699. The number of nitriles is 1. The molecular formula is C11H6NO3S-. The second kappa shape index (κ2) is 3.59. The summed E-state index contributed by atoms with van der Waals surface area (Å²) in [4.78, 5) is -0.290. The molecular weight excluding hydrogens is 226 g/mol. The third kappa shape index (κ3) is 1.65. The van der Waals surface area contributed by atoms with Gasteiger partial charge in [0, 0.05) is 10.8 Å². The highest BCUT2D eigenvalue weighted by Gasteiger charge is 2.08. The number of hydrogen-bond donors (Lipinski definition) is 0. The quantitative estimate of drug-likeness (QED) is 0.699. The van der Waals surface area contributed by atoms with Crippen molar-refractivity contribution < 1.29 is 13.0 Å². The van der Waals surface area contributed by atoms with Crippen LogP contribution in [0.4, 0.5) is 0 Å². The van der Waals surface area contributed by atoms with Gasteiger partial charge < -0.3 is 4.55 Å². The average molecular weight is 232 g/mol. The van der Waals surface area contributed by atoms with Gasteiger partial charge in [0.05, 0.1) is 16.5 Å². The molecule has 2 aromatic carbocycles. The molecule has 5 heteroatoms. The molecule has 0 unspecified atom stereocenters. The minimum Gasteiger partial charge on any atom is -0.744 e. The van der Waals surface area contributed by atoms with Crippen molar-refractivity contribution >= 4 is 20.9 Å². The topological polar surface area (TPSA) is 81.0 Å². The van der Waals surface area contributed by atoms with Gasteiger partial charge in [-0.2, -0.15) is 5.26 Å². The fourth-order valence-electron chi connectivity index (χ4n) is 1.60. The van der Waals surface area contributed by atoms with E-state index in [4.69, 9.17) is 5.26 Å². The molecule has 0 atom stereocenters. The fourth-order valence-corrected chi connectivity index (χ4v) is 2.29. The smallest absolute Gasteiger partial charge is 0.125 e. The summed E-state index contributed by atoms with van der Waals surface area (Å²) >= 11 is 0. The van der Waals surface area contributed by atoms with Crippen LogP contribution < -0.4 is 0 Å². The van der Waals surface area contributed by atoms with Crippen LogP contribution in [0, 0.1) is 11.3 Å². The van der Waals surface area contributed by atoms with Gasteiger partial charge in [-0.3, -0.25) is 0 Å². The highest BCUT2D eigenvalue weighted by atomic mass is 32.2. The molecule has 0 heterocycles. The van der Waals surface area contributed by atoms with Crippen LogP contribution in [0.5, 0.6) is 0 Å². The Hall–Kier alpha value is -1.90. The second-order valence-electron chi connectivity index (χ2n) is 3.22. The van der Waals surface area contributed by atoms with Crippen molar-refractivity contribution in [2.75, 3.05) is 0 Å². The lowest BCUT2D eigenvalue weighted by molar-refractivity contribution is 0.464. The molecule has 80 valence electrons. The lowest BCUT2D eigenvalue weighted by atomic mass is 10.1. The zero-order valence-corrected chi connectivity index (χ0v) is 8.86. The first kappa shape index (κ1) is 10.6. The fraction of sp³-hybridized carbons (Fsp3) is 0. The first-order valence-electron chi connectivity index (χ1n) is 4.42. The molecule has 0 spiro atoms. The lowest BCUT2D eigenvalue weighted by Crippen LogP contribution is -1.99. The van der Waals surface area contributed by atoms with Gasteiger partial charge in [0.1, 0.15) is 10.1 Å². The number of rotatable bonds is 1. The Morgan fingerprint density at radius 1 is 1.06 bits per heavy atom. The molecule has 0 amide bonds. The summed E-state index contributed by atoms with van der Waals surface area (Å²) in [6, 6.07) is 10.9. The van der Waals surface area contributed by atoms with Crippen LogP contribution in [0.2, 0.25) is 0 Å². The Morgan fingerprint density at radius 3 is 2.31 bits per heavy atom. The van der Waals surface area contributed by atoms with Crippen LogP contribution in [0.15, 0.2) is 41.3 Å². The normalized spacial score (nSPS) is 11.2. The van der Waals surface area contributed by atoms with Crippen molar-refractivity contribution in [3.63, 3.8) is 0 Å². The predicted molar refractivity (Wildman–Crippen MR) is 56.6 cm³/mol. The van der Waals surface area contributed by atoms with Gasteiger partial charge in [-0.15, -0.1) is 0 Å². The van der Waals surface area contributed by atoms with Crippen LogP contribution in [-0.2, 0) is 10.1 Å². The van der Waals surface area contributed by atoms with Crippen LogP contribution >= 0.6 is 0 Å². The molecule has 0 aromatic heterocycles. The maximum Gasteiger partial charge on any atom is 0.125 e. The van der Waals surface area contributed by atoms with E-state index in [-0.39, 0.29) is 10.3 Å². The van der Waals surface area contributed by atoms with E-state index >= 15 is 0 Å². The largest absolute Gasteiger partial charge is 0.744 e. The van der Waals surface area contributed by atoms with Crippen molar-refractivity contribution in [1.29, 1.82) is 5.26 Å². The van der Waals surface area contributed by atoms with Crippen molar-refractivity contribution in [2.24, 2.45) is 0 Å². The molecule has 0 saturated carbocycles. The molecule has 2 rings (SSSR count). The van der Waals surface area contributed by atoms with E-state index < -0.39 is 10.1 Å². The SMILES string of the molecule is N#Cc1cccc2c(S(=O)(=O)[O-])cccc12. The average Bonchev–Trinajstić information content (AvgIpc) is 2.26. The molecule has 0 aliphatic rings. The van der Waals surface area contributed by atoms with Gasteiger partial charge in [0.2, 0.25) is 0 Å². The zero-order valence-electron chi connectivity index (χ0n) is 8.04. The van der Waals surface area contributed by atoms with Gasteiger partial charge in [-0.25, -0.2) is 8.42 Å². The van der Waals surface area contributed by atoms with E-state index in [1.807, 2.05) is 6.07 Å². The van der Waals surface area contributed by atoms with Gasteiger partial charge >= 0.3 is 0 Å². The molecule has 4 nitrogen and oxygen atoms in total. The van der Waals surface area contributed by atoms with E-state index in [1.54, 1.807) is 18.2 Å². The van der Waals surface area contributed by atoms with Crippen molar-refractivity contribution in [2.45, 2.75) is 4.90 Å². The number of nitrogens with zero attached hydrogens (tertiary/aromatic N) is 1. The van der Waals surface area contributed by atoms with E-state index in [0.717, 1.165) is 0 Å². The molecule has 0 fully saturated rings. The van der Waals surface area contributed by atoms with Gasteiger partial charge in [-0.1, -0.05) is 24.3 Å². The number of fused-ring (bicyclic) bond motifs is 1. The predicted octanol–water partition coefficient (Wildman–Crippen LogP) is 1.62. The van der Waals surface area contributed by atoms with Crippen molar-refractivity contribution in [1.82, 2.24) is 0 Å². The highest BCUT2D eigenvalue weighted by molar-refractivity contribution is 7.86. The van der Waals surface area contributed by atoms with Gasteiger partial charge in [0.15, 0.2) is 0 Å². The van der Waals surface area contributed by atoms with Gasteiger partial charge in [0.25, 0.3) is 0 Å². The van der Waals surface area contributed by atoms with Crippen LogP contribution in [-0.4, -0.2) is 13.0 Å². The molecule has 2 aromatic rings. The molecule has 0 radical (unpaired) electrons. The van der Waals surface area contributed by atoms with Crippen LogP contribution in [0.1, 0.15) is 5.56 Å². The Labute approximate surface area is 92.5 Å². The lowest BCUT2D eigenvalue weighted by Gasteiger charge is -2.10. The summed E-state index contributed by atoms with van der Waals surface area (Å²) in [6.45, 7) is 0. The maximum atomic E-state index is 11.0. The third-order valence-electron chi connectivity index (χ3n) is 2.27. The maximum absolute atomic E-state index is 11.0. The van der Waals surface area contributed by atoms with E-state index in [0.29, 0.717) is 10.9 Å². The highest BCUT2D eigenvalue weighted by Crippen LogP contribution is 2.24. The summed E-state index contributed by atoms with van der Waals surface area (Å²) in [5, 5.41) is 9.61. The Morgan fingerprint density at radius 2 is 1.69 bits per heavy atom. The minimum absolute atomic E-state index is 0.288. The Balaban J connectivity index is 2.97. The number of benzene rings is 2. The standard InChI is InChI=1S/C11H7NO3S/c12-7-8-3-1-5-10-9(8)4-2-6-11(10)16(13,14)15/h1-6H,(H,13,14,15)/p-1. The van der Waals surface area contributed by atoms with E-state index in [9.17, 15) is 13.0 Å². The van der Waals surface area contributed by atoms with Crippen molar-refractivity contribution in [3.8, 4) is 6.07 Å². The molecule has 0 bridgehead atoms. The summed E-state index contributed by atoms with van der Waals surface area (Å²) in [6.07, 6.45) is 0. The Kier molecular flexibility index (Phi) is 2.38. The van der Waals surface area contributed by atoms with E-state index in [2.05, 4.69) is 0 Å². The first-order chi connectivity index (χ1) is 7.54. The summed E-state index contributed by atoms with van der Waals surface area (Å²) in [5.74, 6) is 0. The van der Waals surface area contributed by atoms with Crippen LogP contribution in [0.25, 0.3) is 10.8 Å². The van der Waals surface area contributed by atoms with Gasteiger partial charge in [-0.05, 0) is 12.1 Å². The van der Waals surface area contributed by atoms with Crippen LogP contribution in [0.3, 0.4) is 0 Å². The third-order valence-corrected chi connectivity index (χ3v) is 3.17. The molecule has 0 aliphatic heterocycles. The van der Waals surface area contributed by atoms with Crippen molar-refractivity contribution in [3.05, 3.63) is 42.0 Å². The molecule has 0 aliphatic carbocycles. The molecule has 0 N–H and O–H groups in total. The summed E-state index contributed by atoms with van der Waals surface area (Å²) in [7, 11) is -4.51. The number of hydrogen-bond acceptors (Lipinski definition) is 4. The summed E-state index contributed by atoms with van der Waals surface area (Å²) < 4.78 is 33.0. The molecule has 0 saturated heterocycles. The molecule has 16 heavy (non-hydrogen) atoms. The summed E-state index contributed by atoms with van der Waals surface area (Å²) in [5.41, 5.74) is 0.350. The van der Waals surface area contributed by atoms with E-state index in [1.165, 1.54) is 18.2 Å².